The van der Waals surface area contributed by atoms with Crippen LogP contribution < -0.4 is 0 Å². The van der Waals surface area contributed by atoms with Gasteiger partial charge in [-0.25, -0.2) is 0 Å². The summed E-state index contributed by atoms with van der Waals surface area (Å²) >= 11 is 1.41. The first-order chi connectivity index (χ1) is 11.6. The van der Waals surface area contributed by atoms with Crippen LogP contribution in [-0.4, -0.2) is 39.5 Å². The molecular weight excluding hydrogens is 340 g/mol. The van der Waals surface area contributed by atoms with Crippen molar-refractivity contribution in [2.75, 3.05) is 25.6 Å². The zero-order valence-electron chi connectivity index (χ0n) is 16.2. The predicted octanol–water partition coefficient (Wildman–Crippen LogP) is 5.44. The maximum atomic E-state index is 12.0. The zero-order chi connectivity index (χ0) is 18.1. The summed E-state index contributed by atoms with van der Waals surface area (Å²) in [5, 5.41) is 0.288. The van der Waals surface area contributed by atoms with Gasteiger partial charge in [0.2, 0.25) is 0 Å². The van der Waals surface area contributed by atoms with Crippen molar-refractivity contribution in [3.05, 3.63) is 0 Å². The van der Waals surface area contributed by atoms with Crippen LogP contribution in [0.2, 0.25) is 6.04 Å². The summed E-state index contributed by atoms with van der Waals surface area (Å²) in [5.41, 5.74) is 0. The second-order valence-electron chi connectivity index (χ2n) is 5.82. The Labute approximate surface area is 154 Å². The van der Waals surface area contributed by atoms with Crippen LogP contribution in [0.3, 0.4) is 0 Å². The lowest BCUT2D eigenvalue weighted by Gasteiger charge is -2.28. The molecule has 0 saturated carbocycles. The van der Waals surface area contributed by atoms with Crippen molar-refractivity contribution in [3.8, 4) is 0 Å². The fourth-order valence-electron chi connectivity index (χ4n) is 2.59. The molecule has 0 unspecified atom stereocenters. The molecule has 24 heavy (non-hydrogen) atoms. The highest BCUT2D eigenvalue weighted by Crippen LogP contribution is 2.21. The van der Waals surface area contributed by atoms with Crippen LogP contribution >= 0.6 is 11.8 Å². The van der Waals surface area contributed by atoms with Gasteiger partial charge in [0.25, 0.3) is 0 Å². The zero-order valence-corrected chi connectivity index (χ0v) is 18.1. The monoisotopic (exact) mass is 378 g/mol. The van der Waals surface area contributed by atoms with Crippen LogP contribution in [0.15, 0.2) is 0 Å². The molecule has 4 nitrogen and oxygen atoms in total. The van der Waals surface area contributed by atoms with Gasteiger partial charge in [0.1, 0.15) is 0 Å². The molecule has 0 aliphatic carbocycles. The van der Waals surface area contributed by atoms with Crippen molar-refractivity contribution in [2.45, 2.75) is 85.1 Å². The van der Waals surface area contributed by atoms with E-state index in [1.54, 1.807) is 0 Å². The van der Waals surface area contributed by atoms with E-state index in [2.05, 4.69) is 6.92 Å². The van der Waals surface area contributed by atoms with E-state index >= 15 is 0 Å². The van der Waals surface area contributed by atoms with Crippen molar-refractivity contribution in [3.63, 3.8) is 0 Å². The third-order valence-electron chi connectivity index (χ3n) is 3.75. The van der Waals surface area contributed by atoms with E-state index < -0.39 is 8.80 Å². The molecule has 0 fully saturated rings. The maximum absolute atomic E-state index is 12.0. The van der Waals surface area contributed by atoms with Crippen molar-refractivity contribution in [1.82, 2.24) is 0 Å². The summed E-state index contributed by atoms with van der Waals surface area (Å²) in [6.45, 7) is 9.86. The minimum Gasteiger partial charge on any atom is -0.374 e. The highest BCUT2D eigenvalue weighted by Gasteiger charge is 2.39. The van der Waals surface area contributed by atoms with Crippen molar-refractivity contribution < 1.29 is 18.1 Å². The largest absolute Gasteiger partial charge is 0.501 e. The van der Waals surface area contributed by atoms with E-state index in [1.165, 1.54) is 50.3 Å². The van der Waals surface area contributed by atoms with Gasteiger partial charge in [-0.05, 0) is 27.2 Å². The summed E-state index contributed by atoms with van der Waals surface area (Å²) in [6.07, 6.45) is 9.38. The number of thioether (sulfide) groups is 1. The normalized spacial score (nSPS) is 11.8. The second-order valence-corrected chi connectivity index (χ2v) is 9.71. The van der Waals surface area contributed by atoms with Crippen LogP contribution in [0.5, 0.6) is 0 Å². The van der Waals surface area contributed by atoms with E-state index in [0.29, 0.717) is 32.3 Å². The average molecular weight is 379 g/mol. The molecule has 0 saturated heterocycles. The second kappa shape index (κ2) is 16.6. The quantitative estimate of drug-likeness (QED) is 0.249. The minimum absolute atomic E-state index is 0.288. The Morgan fingerprint density at radius 3 is 1.79 bits per heavy atom. The molecule has 0 atom stereocenters. The van der Waals surface area contributed by atoms with Crippen molar-refractivity contribution in [1.29, 1.82) is 0 Å². The minimum atomic E-state index is -2.59. The van der Waals surface area contributed by atoms with Crippen molar-refractivity contribution >= 4 is 25.7 Å². The van der Waals surface area contributed by atoms with Crippen LogP contribution in [0.1, 0.15) is 79.1 Å². The number of unbranched alkanes of at least 4 members (excludes halogenated alkanes) is 6. The Hall–Kier alpha value is 0.117. The van der Waals surface area contributed by atoms with Gasteiger partial charge in [0, 0.05) is 38.0 Å². The van der Waals surface area contributed by atoms with Crippen LogP contribution in [-0.2, 0) is 18.1 Å². The van der Waals surface area contributed by atoms with E-state index in [1.807, 2.05) is 20.8 Å². The molecule has 0 aromatic heterocycles. The van der Waals surface area contributed by atoms with Gasteiger partial charge in [-0.2, -0.15) is 0 Å². The number of carbonyl (C=O) groups excluding carboxylic acids is 1. The van der Waals surface area contributed by atoms with Gasteiger partial charge in [-0.1, -0.05) is 57.2 Å². The highest BCUT2D eigenvalue weighted by atomic mass is 32.2. The van der Waals surface area contributed by atoms with Gasteiger partial charge in [-0.15, -0.1) is 0 Å². The Morgan fingerprint density at radius 2 is 1.29 bits per heavy atom. The third kappa shape index (κ3) is 12.5. The summed E-state index contributed by atoms with van der Waals surface area (Å²) in [5.74, 6) is 0.724. The lowest BCUT2D eigenvalue weighted by molar-refractivity contribution is -0.111. The molecule has 0 N–H and O–H groups in total. The summed E-state index contributed by atoms with van der Waals surface area (Å²) in [4.78, 5) is 12.0. The first-order valence-electron chi connectivity index (χ1n) is 9.71. The lowest BCUT2D eigenvalue weighted by atomic mass is 10.1. The van der Waals surface area contributed by atoms with E-state index in [9.17, 15) is 4.79 Å². The molecule has 0 bridgehead atoms. The molecule has 0 rings (SSSR count). The SMILES string of the molecule is CCCCCCCCCC(=O)SCC[Si](OCC)(OCC)OCC. The van der Waals surface area contributed by atoms with Crippen LogP contribution in [0.25, 0.3) is 0 Å². The standard InChI is InChI=1S/C18H38O4SSi/c1-5-9-10-11-12-13-14-15-18(19)23-16-17-24(20-6-2,21-7-3)22-8-4/h5-17H2,1-4H3. The number of carbonyl (C=O) groups is 1. The lowest BCUT2D eigenvalue weighted by Crippen LogP contribution is -2.46. The smallest absolute Gasteiger partial charge is 0.374 e. The predicted molar refractivity (Wildman–Crippen MR) is 106 cm³/mol. The Kier molecular flexibility index (Phi) is 16.7. The maximum Gasteiger partial charge on any atom is 0.501 e. The summed E-state index contributed by atoms with van der Waals surface area (Å²) in [7, 11) is -2.59. The molecule has 0 aliphatic heterocycles. The fraction of sp³-hybridized carbons (Fsp3) is 0.944. The summed E-state index contributed by atoms with van der Waals surface area (Å²) in [6, 6.07) is 0.704. The molecule has 0 aliphatic rings. The topological polar surface area (TPSA) is 44.8 Å². The number of rotatable bonds is 17. The third-order valence-corrected chi connectivity index (χ3v) is 8.09. The fourth-order valence-corrected chi connectivity index (χ4v) is 6.52. The van der Waals surface area contributed by atoms with E-state index in [-0.39, 0.29) is 5.12 Å². The van der Waals surface area contributed by atoms with E-state index in [0.717, 1.165) is 12.2 Å². The first kappa shape index (κ1) is 24.1. The van der Waals surface area contributed by atoms with Crippen molar-refractivity contribution in [2.24, 2.45) is 0 Å². The molecule has 0 radical (unpaired) electrons. The highest BCUT2D eigenvalue weighted by molar-refractivity contribution is 8.13. The van der Waals surface area contributed by atoms with E-state index in [4.69, 9.17) is 13.3 Å². The summed E-state index contributed by atoms with van der Waals surface area (Å²) < 4.78 is 17.4. The molecule has 144 valence electrons. The van der Waals surface area contributed by atoms with Gasteiger partial charge in [0.05, 0.1) is 0 Å². The average Bonchev–Trinajstić information content (AvgIpc) is 2.55. The molecule has 6 heteroatoms. The Morgan fingerprint density at radius 1 is 0.792 bits per heavy atom. The number of hydrogen-bond acceptors (Lipinski definition) is 5. The molecular formula is C18H38O4SSi. The Balaban J connectivity index is 3.89. The number of hydrogen-bond donors (Lipinski definition) is 0. The van der Waals surface area contributed by atoms with Crippen LogP contribution in [0.4, 0.5) is 0 Å². The molecule has 0 aromatic carbocycles. The molecule has 0 aromatic rings. The molecule has 0 amide bonds. The van der Waals surface area contributed by atoms with Gasteiger partial charge >= 0.3 is 8.80 Å². The van der Waals surface area contributed by atoms with Gasteiger partial charge < -0.3 is 13.3 Å². The Bertz CT molecular complexity index is 286. The van der Waals surface area contributed by atoms with Crippen LogP contribution in [0, 0.1) is 0 Å². The van der Waals surface area contributed by atoms with Gasteiger partial charge in [0.15, 0.2) is 5.12 Å². The molecule has 0 heterocycles. The first-order valence-corrected chi connectivity index (χ1v) is 12.6. The van der Waals surface area contributed by atoms with Gasteiger partial charge in [-0.3, -0.25) is 4.79 Å². The molecule has 0 spiro atoms.